The molecule has 0 aliphatic rings. The van der Waals surface area contributed by atoms with Gasteiger partial charge in [-0.05, 0) is 24.8 Å². The van der Waals surface area contributed by atoms with Crippen LogP contribution in [0.15, 0.2) is 0 Å². The Bertz CT molecular complexity index is 203. The van der Waals surface area contributed by atoms with Gasteiger partial charge >= 0.3 is 0 Å². The molecule has 0 aromatic carbocycles. The Morgan fingerprint density at radius 2 is 1.86 bits per heavy atom. The van der Waals surface area contributed by atoms with E-state index in [1.807, 2.05) is 6.92 Å². The van der Waals surface area contributed by atoms with Crippen LogP contribution in [-0.4, -0.2) is 28.7 Å². The number of nitrogens with two attached hydrogens (primary N) is 2. The summed E-state index contributed by atoms with van der Waals surface area (Å²) in [5, 5.41) is 23.8. The summed E-state index contributed by atoms with van der Waals surface area (Å²) < 4.78 is 0. The molecule has 0 saturated carbocycles. The number of rotatable bonds is 2. The fourth-order valence-electron chi connectivity index (χ4n) is 0.573. The van der Waals surface area contributed by atoms with E-state index in [-0.39, 0.29) is 11.1 Å². The number of thiocarbonyl (C=S) groups is 1. The van der Waals surface area contributed by atoms with E-state index in [1.54, 1.807) is 0 Å². The van der Waals surface area contributed by atoms with Gasteiger partial charge in [0.05, 0.1) is 0 Å². The molecular weight excluding hydrogens is 208 g/mol. The second-order valence-electron chi connectivity index (χ2n) is 2.13. The van der Waals surface area contributed by atoms with Crippen LogP contribution in [0.5, 0.6) is 0 Å². The van der Waals surface area contributed by atoms with Gasteiger partial charge in [-0.15, -0.1) is 0 Å². The molecule has 0 amide bonds. The molecule has 0 aromatic rings. The molecule has 7 nitrogen and oxygen atoms in total. The molecule has 8 heteroatoms. The molecule has 0 rings (SSSR count). The van der Waals surface area contributed by atoms with Crippen molar-refractivity contribution in [3.05, 3.63) is 0 Å². The van der Waals surface area contributed by atoms with Gasteiger partial charge in [-0.3, -0.25) is 10.3 Å². The molecule has 0 bridgehead atoms. The van der Waals surface area contributed by atoms with Gasteiger partial charge in [-0.2, -0.15) is 0 Å². The zero-order chi connectivity index (χ0) is 11.7. The summed E-state index contributed by atoms with van der Waals surface area (Å²) in [6.07, 6.45) is -1.46. The average Bonchev–Trinajstić information content (AvgIpc) is 1.97. The number of nitrogens with zero attached hydrogens (tertiary/aromatic N) is 1. The first-order valence-electron chi connectivity index (χ1n) is 3.61. The van der Waals surface area contributed by atoms with Crippen LogP contribution in [0.1, 0.15) is 13.3 Å². The zero-order valence-electron chi connectivity index (χ0n) is 7.65. The molecule has 0 spiro atoms. The van der Waals surface area contributed by atoms with Crippen LogP contribution in [0.3, 0.4) is 0 Å². The van der Waals surface area contributed by atoms with Crippen LogP contribution in [0, 0.1) is 5.41 Å². The maximum atomic E-state index is 8.33. The Labute approximate surface area is 86.8 Å². The zero-order valence-corrected chi connectivity index (χ0v) is 8.47. The van der Waals surface area contributed by atoms with Gasteiger partial charge in [0, 0.05) is 6.54 Å². The Balaban J connectivity index is 0. The van der Waals surface area contributed by atoms with E-state index >= 15 is 0 Å². The highest BCUT2D eigenvalue weighted by Crippen LogP contribution is 1.88. The van der Waals surface area contributed by atoms with Crippen molar-refractivity contribution in [1.82, 2.24) is 4.90 Å². The quantitative estimate of drug-likeness (QED) is 0.263. The molecule has 0 aliphatic heterocycles. The topological polar surface area (TPSA) is 142 Å². The normalized spacial score (nSPS) is 8.07. The lowest BCUT2D eigenvalue weighted by Gasteiger charge is -2.18. The summed E-state index contributed by atoms with van der Waals surface area (Å²) >= 11 is 4.64. The van der Waals surface area contributed by atoms with Crippen LogP contribution in [0.2, 0.25) is 0 Å². The summed E-state index contributed by atoms with van der Waals surface area (Å²) in [5.41, 5.74) is 10.4. The first-order valence-corrected chi connectivity index (χ1v) is 4.02. The third-order valence-corrected chi connectivity index (χ3v) is 1.22. The maximum Gasteiger partial charge on any atom is 0.194 e. The minimum absolute atomic E-state index is 0.0886. The van der Waals surface area contributed by atoms with E-state index in [2.05, 4.69) is 12.2 Å². The highest BCUT2D eigenvalue weighted by molar-refractivity contribution is 7.80. The van der Waals surface area contributed by atoms with Crippen LogP contribution < -0.4 is 21.7 Å². The predicted octanol–water partition coefficient (Wildman–Crippen LogP) is -2.61. The van der Waals surface area contributed by atoms with Crippen molar-refractivity contribution in [3.63, 3.8) is 0 Å². The van der Waals surface area contributed by atoms with Crippen molar-refractivity contribution in [2.45, 2.75) is 13.3 Å². The highest BCUT2D eigenvalue weighted by Gasteiger charge is 2.06. The number of carbonyl (C=O) groups excluding carboxylic acids is 1. The molecule has 0 saturated heterocycles. The number of nitrogens with one attached hydrogen (secondary N) is 1. The largest absolute Gasteiger partial charge is 0.652 e. The summed E-state index contributed by atoms with van der Waals surface area (Å²) in [4.78, 5) is 9.72. The summed E-state index contributed by atoms with van der Waals surface area (Å²) in [6.45, 7) is 2.58. The first-order chi connectivity index (χ1) is 6.32. The molecule has 0 radical (unpaired) electrons. The molecule has 0 fully saturated rings. The van der Waals surface area contributed by atoms with Crippen LogP contribution in [0.4, 0.5) is 4.79 Å². The molecule has 5 N–H and O–H groups in total. The molecule has 0 aromatic heterocycles. The third kappa shape index (κ3) is 10.4. The van der Waals surface area contributed by atoms with Gasteiger partial charge in [0.1, 0.15) is 0 Å². The van der Waals surface area contributed by atoms with E-state index in [0.29, 0.717) is 6.54 Å². The maximum absolute atomic E-state index is 8.33. The smallest absolute Gasteiger partial charge is 0.194 e. The average molecular weight is 220 g/mol. The number of hydrogen-bond donors (Lipinski definition) is 3. The molecule has 0 aliphatic carbocycles. The lowest BCUT2D eigenvalue weighted by molar-refractivity contribution is -0.415. The SMILES string of the molecule is CCCN(C(=N)N)C(N)=S.O=C([O-])[O-]. The molecule has 0 unspecified atom stereocenters. The Kier molecular flexibility index (Phi) is 8.58. The molecular formula is C6H12N4O3S-2. The summed E-state index contributed by atoms with van der Waals surface area (Å²) in [6, 6.07) is 0. The third-order valence-electron chi connectivity index (χ3n) is 1.00. The van der Waals surface area contributed by atoms with E-state index in [0.717, 1.165) is 6.42 Å². The van der Waals surface area contributed by atoms with Gasteiger partial charge in [0.25, 0.3) is 0 Å². The van der Waals surface area contributed by atoms with Gasteiger partial charge in [-0.25, -0.2) is 0 Å². The monoisotopic (exact) mass is 220 g/mol. The van der Waals surface area contributed by atoms with E-state index in [4.69, 9.17) is 31.9 Å². The number of hydrogen-bond acceptors (Lipinski definition) is 5. The molecule has 0 atom stereocenters. The second kappa shape index (κ2) is 8.05. The fourth-order valence-corrected chi connectivity index (χ4v) is 0.763. The van der Waals surface area contributed by atoms with Gasteiger partial charge < -0.3 is 26.5 Å². The number of carboxylic acid groups (broad SMARTS) is 2. The minimum Gasteiger partial charge on any atom is -0.652 e. The Hall–Kier alpha value is -1.57. The molecule has 14 heavy (non-hydrogen) atoms. The number of carbonyl (C=O) groups is 1. The minimum atomic E-state index is -2.33. The van der Waals surface area contributed by atoms with Crippen molar-refractivity contribution in [2.75, 3.05) is 6.54 Å². The highest BCUT2D eigenvalue weighted by atomic mass is 32.1. The fraction of sp³-hybridized carbons (Fsp3) is 0.500. The van der Waals surface area contributed by atoms with Crippen molar-refractivity contribution < 1.29 is 15.0 Å². The summed E-state index contributed by atoms with van der Waals surface area (Å²) in [5.74, 6) is -0.0886. The second-order valence-corrected chi connectivity index (χ2v) is 2.54. The van der Waals surface area contributed by atoms with Crippen LogP contribution in [-0.2, 0) is 0 Å². The molecule has 0 heterocycles. The van der Waals surface area contributed by atoms with E-state index < -0.39 is 6.16 Å². The Morgan fingerprint density at radius 3 is 1.93 bits per heavy atom. The van der Waals surface area contributed by atoms with Crippen molar-refractivity contribution in [2.24, 2.45) is 11.5 Å². The van der Waals surface area contributed by atoms with Crippen molar-refractivity contribution in [3.8, 4) is 0 Å². The first kappa shape index (κ1) is 14.9. The summed E-state index contributed by atoms with van der Waals surface area (Å²) in [7, 11) is 0. The van der Waals surface area contributed by atoms with Crippen LogP contribution in [0.25, 0.3) is 0 Å². The van der Waals surface area contributed by atoms with Gasteiger partial charge in [0.2, 0.25) is 0 Å². The predicted molar refractivity (Wildman–Crippen MR) is 51.1 cm³/mol. The van der Waals surface area contributed by atoms with Gasteiger partial charge in [0.15, 0.2) is 11.1 Å². The molecule has 82 valence electrons. The number of guanidine groups is 1. The van der Waals surface area contributed by atoms with Crippen molar-refractivity contribution in [1.29, 1.82) is 5.41 Å². The van der Waals surface area contributed by atoms with Crippen molar-refractivity contribution >= 4 is 29.4 Å². The lowest BCUT2D eigenvalue weighted by Crippen LogP contribution is -2.44. The van der Waals surface area contributed by atoms with Crippen LogP contribution >= 0.6 is 12.2 Å². The standard InChI is InChI=1S/C5H12N4S.CH2O3/c1-2-3-9(4(6)7)5(8)10;2-1(3)4/h2-3H2,1H3,(H3,6,7)(H2,8,10);(H2,2,3,4)/p-2. The van der Waals surface area contributed by atoms with E-state index in [1.165, 1.54) is 4.90 Å². The lowest BCUT2D eigenvalue weighted by atomic mass is 10.4. The van der Waals surface area contributed by atoms with Gasteiger partial charge in [-0.1, -0.05) is 6.92 Å². The Morgan fingerprint density at radius 1 is 1.50 bits per heavy atom. The van der Waals surface area contributed by atoms with E-state index in [9.17, 15) is 0 Å².